The number of alkyl carbamates (subject to hydrolysis) is 1. The van der Waals surface area contributed by atoms with Crippen molar-refractivity contribution < 1.29 is 14.3 Å². The smallest absolute Gasteiger partial charge is 0.407 e. The number of Topliss-reactive ketones (excluding diaryl/α,β-unsaturated/α-hetero) is 1. The lowest BCUT2D eigenvalue weighted by Gasteiger charge is -2.30. The van der Waals surface area contributed by atoms with Crippen molar-refractivity contribution in [3.8, 4) is 0 Å². The molecule has 1 aromatic heterocycles. The first kappa shape index (κ1) is 17.1. The summed E-state index contributed by atoms with van der Waals surface area (Å²) in [6.45, 7) is 5.97. The SMILES string of the molecule is CCCC(C)(CC)C(=O)[C@H](Cc1cnn[nH]1)NC(=O)OC. The van der Waals surface area contributed by atoms with Crippen LogP contribution in [-0.4, -0.2) is 40.4 Å². The molecule has 0 radical (unpaired) electrons. The van der Waals surface area contributed by atoms with E-state index >= 15 is 0 Å². The summed E-state index contributed by atoms with van der Waals surface area (Å²) in [6.07, 6.45) is 3.66. The van der Waals surface area contributed by atoms with Gasteiger partial charge in [-0.15, -0.1) is 5.10 Å². The highest BCUT2D eigenvalue weighted by atomic mass is 16.5. The van der Waals surface area contributed by atoms with Gasteiger partial charge in [0.2, 0.25) is 0 Å². The van der Waals surface area contributed by atoms with Gasteiger partial charge in [-0.1, -0.05) is 32.4 Å². The van der Waals surface area contributed by atoms with E-state index in [0.29, 0.717) is 12.1 Å². The predicted octanol–water partition coefficient (Wildman–Crippen LogP) is 1.86. The van der Waals surface area contributed by atoms with Crippen LogP contribution in [-0.2, 0) is 16.0 Å². The lowest BCUT2D eigenvalue weighted by atomic mass is 9.75. The van der Waals surface area contributed by atoms with Gasteiger partial charge in [-0.3, -0.25) is 9.89 Å². The van der Waals surface area contributed by atoms with Crippen LogP contribution in [0.1, 0.15) is 45.7 Å². The Bertz CT molecular complexity index is 461. The van der Waals surface area contributed by atoms with Crippen LogP contribution in [0.25, 0.3) is 0 Å². The van der Waals surface area contributed by atoms with Crippen molar-refractivity contribution >= 4 is 11.9 Å². The molecule has 0 aliphatic carbocycles. The Labute approximate surface area is 124 Å². The van der Waals surface area contributed by atoms with Crippen LogP contribution in [0, 0.1) is 5.41 Å². The van der Waals surface area contributed by atoms with Gasteiger partial charge in [-0.25, -0.2) is 4.79 Å². The zero-order valence-electron chi connectivity index (χ0n) is 13.1. The van der Waals surface area contributed by atoms with E-state index in [4.69, 9.17) is 0 Å². The number of ketones is 1. The third kappa shape index (κ3) is 4.54. The topological polar surface area (TPSA) is 97.0 Å². The maximum atomic E-state index is 12.8. The van der Waals surface area contributed by atoms with Crippen LogP contribution in [0.3, 0.4) is 0 Å². The van der Waals surface area contributed by atoms with Crippen LogP contribution in [0.15, 0.2) is 6.20 Å². The molecule has 1 aromatic rings. The number of hydrogen-bond donors (Lipinski definition) is 2. The van der Waals surface area contributed by atoms with E-state index in [0.717, 1.165) is 19.3 Å². The third-order valence-corrected chi connectivity index (χ3v) is 3.86. The Morgan fingerprint density at radius 3 is 2.67 bits per heavy atom. The van der Waals surface area contributed by atoms with Crippen LogP contribution >= 0.6 is 0 Å². The van der Waals surface area contributed by atoms with E-state index < -0.39 is 17.6 Å². The molecule has 2 atom stereocenters. The molecule has 0 aromatic carbocycles. The fourth-order valence-corrected chi connectivity index (χ4v) is 2.40. The minimum Gasteiger partial charge on any atom is -0.453 e. The molecule has 7 heteroatoms. The zero-order chi connectivity index (χ0) is 15.9. The molecule has 0 fully saturated rings. The first-order valence-electron chi connectivity index (χ1n) is 7.20. The number of nitrogens with one attached hydrogen (secondary N) is 2. The number of amides is 1. The van der Waals surface area contributed by atoms with E-state index in [2.05, 4.69) is 25.5 Å². The predicted molar refractivity (Wildman–Crippen MR) is 77.7 cm³/mol. The molecular formula is C14H24N4O3. The minimum absolute atomic E-state index is 0.00634. The third-order valence-electron chi connectivity index (χ3n) is 3.86. The number of ether oxygens (including phenoxy) is 1. The number of methoxy groups -OCH3 is 1. The van der Waals surface area contributed by atoms with Crippen molar-refractivity contribution in [3.63, 3.8) is 0 Å². The molecule has 0 bridgehead atoms. The van der Waals surface area contributed by atoms with E-state index in [-0.39, 0.29) is 5.78 Å². The number of carbonyl (C=O) groups is 2. The number of rotatable bonds is 8. The van der Waals surface area contributed by atoms with Crippen molar-refractivity contribution in [2.45, 2.75) is 52.5 Å². The van der Waals surface area contributed by atoms with Gasteiger partial charge in [0.1, 0.15) is 0 Å². The summed E-state index contributed by atoms with van der Waals surface area (Å²) in [5.41, 5.74) is 0.230. The van der Waals surface area contributed by atoms with Crippen molar-refractivity contribution in [3.05, 3.63) is 11.9 Å². The van der Waals surface area contributed by atoms with E-state index in [1.807, 2.05) is 20.8 Å². The first-order valence-corrected chi connectivity index (χ1v) is 7.20. The summed E-state index contributed by atoms with van der Waals surface area (Å²) >= 11 is 0. The summed E-state index contributed by atoms with van der Waals surface area (Å²) < 4.78 is 4.61. The molecule has 2 N–H and O–H groups in total. The second-order valence-corrected chi connectivity index (χ2v) is 5.40. The molecular weight excluding hydrogens is 272 g/mol. The average Bonchev–Trinajstić information content (AvgIpc) is 2.98. The maximum Gasteiger partial charge on any atom is 0.407 e. The Morgan fingerprint density at radius 2 is 2.19 bits per heavy atom. The second-order valence-electron chi connectivity index (χ2n) is 5.40. The number of aromatic amines is 1. The first-order chi connectivity index (χ1) is 9.96. The number of carbonyl (C=O) groups excluding carboxylic acids is 2. The number of nitrogens with zero attached hydrogens (tertiary/aromatic N) is 2. The quantitative estimate of drug-likeness (QED) is 0.763. The van der Waals surface area contributed by atoms with Gasteiger partial charge in [0, 0.05) is 11.8 Å². The number of hydrogen-bond acceptors (Lipinski definition) is 5. The highest BCUT2D eigenvalue weighted by Crippen LogP contribution is 2.30. The molecule has 0 spiro atoms. The van der Waals surface area contributed by atoms with Crippen LogP contribution in [0.2, 0.25) is 0 Å². The zero-order valence-corrected chi connectivity index (χ0v) is 13.1. The van der Waals surface area contributed by atoms with E-state index in [9.17, 15) is 9.59 Å². The van der Waals surface area contributed by atoms with Crippen LogP contribution in [0.5, 0.6) is 0 Å². The Kier molecular flexibility index (Phi) is 6.33. The average molecular weight is 296 g/mol. The lowest BCUT2D eigenvalue weighted by Crippen LogP contribution is -2.48. The fraction of sp³-hybridized carbons (Fsp3) is 0.714. The highest BCUT2D eigenvalue weighted by Gasteiger charge is 2.36. The maximum absolute atomic E-state index is 12.8. The standard InChI is InChI=1S/C14H24N4O3/c1-5-7-14(3,6-2)12(19)11(16-13(20)21-4)8-10-9-15-18-17-10/h9,11H,5-8H2,1-4H3,(H,16,20)(H,15,17,18)/t11-,14?/m0/s1. The van der Waals surface area contributed by atoms with Crippen LogP contribution < -0.4 is 5.32 Å². The summed E-state index contributed by atoms with van der Waals surface area (Å²) in [5, 5.41) is 12.6. The second kappa shape index (κ2) is 7.75. The van der Waals surface area contributed by atoms with Crippen molar-refractivity contribution in [1.82, 2.24) is 20.7 Å². The van der Waals surface area contributed by atoms with Gasteiger partial charge < -0.3 is 10.1 Å². The Hall–Kier alpha value is -1.92. The highest BCUT2D eigenvalue weighted by molar-refractivity contribution is 5.92. The van der Waals surface area contributed by atoms with Crippen molar-refractivity contribution in [2.75, 3.05) is 7.11 Å². The van der Waals surface area contributed by atoms with Gasteiger partial charge in [-0.2, -0.15) is 0 Å². The Morgan fingerprint density at radius 1 is 1.48 bits per heavy atom. The Balaban J connectivity index is 2.93. The molecule has 1 heterocycles. The van der Waals surface area contributed by atoms with Gasteiger partial charge in [0.25, 0.3) is 0 Å². The largest absolute Gasteiger partial charge is 0.453 e. The normalized spacial score (nSPS) is 15.0. The molecule has 21 heavy (non-hydrogen) atoms. The van der Waals surface area contributed by atoms with Gasteiger partial charge in [-0.05, 0) is 12.8 Å². The molecule has 1 unspecified atom stereocenters. The molecule has 0 saturated carbocycles. The molecule has 7 nitrogen and oxygen atoms in total. The van der Waals surface area contributed by atoms with Crippen molar-refractivity contribution in [2.24, 2.45) is 5.41 Å². The van der Waals surface area contributed by atoms with Gasteiger partial charge in [0.05, 0.1) is 25.0 Å². The summed E-state index contributed by atoms with van der Waals surface area (Å²) in [6, 6.07) is -0.656. The molecule has 1 rings (SSSR count). The van der Waals surface area contributed by atoms with Gasteiger partial charge >= 0.3 is 6.09 Å². The summed E-state index contributed by atoms with van der Waals surface area (Å²) in [5.74, 6) is 0.00634. The molecule has 0 saturated heterocycles. The van der Waals surface area contributed by atoms with Crippen molar-refractivity contribution in [1.29, 1.82) is 0 Å². The molecule has 0 aliphatic rings. The number of H-pyrrole nitrogens is 1. The number of aromatic nitrogens is 3. The lowest BCUT2D eigenvalue weighted by molar-refractivity contribution is -0.130. The summed E-state index contributed by atoms with van der Waals surface area (Å²) in [7, 11) is 1.28. The molecule has 118 valence electrons. The summed E-state index contributed by atoms with van der Waals surface area (Å²) in [4.78, 5) is 24.3. The van der Waals surface area contributed by atoms with Gasteiger partial charge in [0.15, 0.2) is 5.78 Å². The minimum atomic E-state index is -0.656. The van der Waals surface area contributed by atoms with Crippen LogP contribution in [0.4, 0.5) is 4.79 Å². The molecule has 1 amide bonds. The molecule has 0 aliphatic heterocycles. The van der Waals surface area contributed by atoms with E-state index in [1.54, 1.807) is 6.20 Å². The fourth-order valence-electron chi connectivity index (χ4n) is 2.40. The monoisotopic (exact) mass is 296 g/mol. The van der Waals surface area contributed by atoms with E-state index in [1.165, 1.54) is 7.11 Å².